The van der Waals surface area contributed by atoms with Crippen molar-refractivity contribution in [3.63, 3.8) is 0 Å². The molecule has 0 saturated carbocycles. The number of hydrogen-bond donors (Lipinski definition) is 11. The maximum Gasteiger partial charge on any atom is 0.337 e. The second kappa shape index (κ2) is 13.8. The van der Waals surface area contributed by atoms with Gasteiger partial charge in [0, 0.05) is 0 Å². The van der Waals surface area contributed by atoms with Gasteiger partial charge in [-0.25, -0.2) is 9.55 Å². The van der Waals surface area contributed by atoms with Crippen LogP contribution in [0.4, 0.5) is 11.9 Å². The summed E-state index contributed by atoms with van der Waals surface area (Å²) >= 11 is 0. The summed E-state index contributed by atoms with van der Waals surface area (Å²) in [5.41, 5.74) is 9.63. The Bertz CT molecular complexity index is 2280. The van der Waals surface area contributed by atoms with Crippen molar-refractivity contribution in [1.82, 2.24) is 34.1 Å². The van der Waals surface area contributed by atoms with Crippen LogP contribution in [0.3, 0.4) is 0 Å². The minimum Gasteiger partial charge on any atom is -0.387 e. The van der Waals surface area contributed by atoms with Crippen molar-refractivity contribution in [3.05, 3.63) is 33.4 Å². The molecule has 6 rings (SSSR count). The highest BCUT2D eigenvalue weighted by Gasteiger charge is 2.49. The molecule has 2 aliphatic rings. The van der Waals surface area contributed by atoms with E-state index in [1.54, 1.807) is 0 Å². The molecule has 2 saturated heterocycles. The van der Waals surface area contributed by atoms with Gasteiger partial charge >= 0.3 is 20.8 Å². The minimum absolute atomic E-state index is 0.0243. The van der Waals surface area contributed by atoms with Gasteiger partial charge in [-0.05, 0) is 0 Å². The lowest BCUT2D eigenvalue weighted by Crippen LogP contribution is -2.46. The van der Waals surface area contributed by atoms with Crippen molar-refractivity contribution in [2.75, 3.05) is 36.5 Å². The molecular formula is C23H34N10O16P3+. The van der Waals surface area contributed by atoms with Crippen molar-refractivity contribution >= 4 is 56.8 Å². The third-order valence-electron chi connectivity index (χ3n) is 8.14. The molecule has 11 atom stereocenters. The van der Waals surface area contributed by atoms with Gasteiger partial charge in [-0.1, -0.05) is 4.98 Å². The van der Waals surface area contributed by atoms with Gasteiger partial charge in [0.2, 0.25) is 25.1 Å². The number of anilines is 2. The van der Waals surface area contributed by atoms with Crippen LogP contribution >= 0.6 is 22.6 Å². The smallest absolute Gasteiger partial charge is 0.337 e. The molecule has 0 bridgehead atoms. The van der Waals surface area contributed by atoms with E-state index in [0.717, 1.165) is 10.9 Å². The lowest BCUT2D eigenvalue weighted by Gasteiger charge is -2.22. The van der Waals surface area contributed by atoms with Gasteiger partial charge in [-0.15, -0.1) is 0 Å². The van der Waals surface area contributed by atoms with Crippen LogP contribution in [0.1, 0.15) is 12.5 Å². The fraction of sp³-hybridized carbons (Fsp3) is 0.565. The van der Waals surface area contributed by atoms with E-state index in [1.165, 1.54) is 22.5 Å². The number of aliphatic hydroxyl groups is 4. The zero-order chi connectivity index (χ0) is 38.1. The number of aromatic amines is 2. The molecule has 0 spiro atoms. The van der Waals surface area contributed by atoms with Gasteiger partial charge in [0.1, 0.15) is 48.4 Å². The minimum atomic E-state index is -5.07. The lowest BCUT2D eigenvalue weighted by atomic mass is 10.1. The number of aryl methyl sites for hydroxylation is 1. The van der Waals surface area contributed by atoms with Crippen LogP contribution in [-0.2, 0) is 39.3 Å². The number of nitrogens with zero attached hydrogens (tertiary/aromatic N) is 6. The SMILES string of the molecule is Cn1c[n+]([C@@H]2OC(COP(=O)(O)CP(=O)(O)CP(=O)(O)OCC3O[C@@H](n4cnc5c(=O)[nH]c(N)nc54)[C@H](O)[C@@H]3O)[C@@H](O)[C@H]2O)c2nc(N)[nH]c(=O)c21. The lowest BCUT2D eigenvalue weighted by molar-refractivity contribution is -0.745. The molecule has 4 aromatic heterocycles. The van der Waals surface area contributed by atoms with Crippen molar-refractivity contribution < 1.29 is 71.9 Å². The van der Waals surface area contributed by atoms with Crippen molar-refractivity contribution in [3.8, 4) is 0 Å². The molecule has 5 unspecified atom stereocenters. The highest BCUT2D eigenvalue weighted by Crippen LogP contribution is 2.65. The zero-order valence-electron chi connectivity index (χ0n) is 26.6. The highest BCUT2D eigenvalue weighted by atomic mass is 31.3. The number of aromatic nitrogens is 8. The molecule has 13 N–H and O–H groups in total. The Labute approximate surface area is 288 Å². The highest BCUT2D eigenvalue weighted by molar-refractivity contribution is 7.79. The summed E-state index contributed by atoms with van der Waals surface area (Å²) in [6.45, 7) is -1.81. The second-order valence-corrected chi connectivity index (χ2v) is 19.1. The molecule has 29 heteroatoms. The molecule has 2 aliphatic heterocycles. The van der Waals surface area contributed by atoms with E-state index >= 15 is 0 Å². The number of hydrogen-bond acceptors (Lipinski definition) is 18. The third-order valence-corrected chi connectivity index (χ3v) is 15.6. The van der Waals surface area contributed by atoms with E-state index in [1.807, 2.05) is 0 Å². The van der Waals surface area contributed by atoms with Gasteiger partial charge in [-0.3, -0.25) is 42.4 Å². The molecule has 0 aliphatic carbocycles. The van der Waals surface area contributed by atoms with Crippen LogP contribution in [0.15, 0.2) is 22.2 Å². The summed E-state index contributed by atoms with van der Waals surface area (Å²) in [4.78, 5) is 71.8. The largest absolute Gasteiger partial charge is 0.387 e. The predicted octanol–water partition coefficient (Wildman–Crippen LogP) is -4.33. The van der Waals surface area contributed by atoms with E-state index in [2.05, 4.69) is 24.9 Å². The monoisotopic (exact) mass is 799 g/mol. The predicted molar refractivity (Wildman–Crippen MR) is 171 cm³/mol. The molecule has 286 valence electrons. The van der Waals surface area contributed by atoms with Gasteiger partial charge < -0.3 is 65.1 Å². The summed E-state index contributed by atoms with van der Waals surface area (Å²) in [5.74, 6) is -3.62. The quantitative estimate of drug-likeness (QED) is 0.0476. The molecule has 26 nitrogen and oxygen atoms in total. The van der Waals surface area contributed by atoms with Crippen LogP contribution in [0.5, 0.6) is 0 Å². The number of ether oxygens (including phenoxy) is 2. The number of aliphatic hydroxyl groups excluding tert-OH is 4. The first-order valence-corrected chi connectivity index (χ1v) is 20.5. The first-order chi connectivity index (χ1) is 24.2. The molecule has 4 aromatic rings. The number of nitrogen functional groups attached to an aromatic ring is 2. The van der Waals surface area contributed by atoms with Gasteiger partial charge in [0.15, 0.2) is 23.7 Å². The molecular weight excluding hydrogens is 765 g/mol. The van der Waals surface area contributed by atoms with Crippen molar-refractivity contribution in [2.24, 2.45) is 7.05 Å². The van der Waals surface area contributed by atoms with E-state index in [0.29, 0.717) is 0 Å². The molecule has 0 radical (unpaired) electrons. The van der Waals surface area contributed by atoms with Crippen LogP contribution in [0, 0.1) is 0 Å². The number of nitrogens with two attached hydrogens (primary N) is 2. The Morgan fingerprint density at radius 3 is 2.06 bits per heavy atom. The Morgan fingerprint density at radius 2 is 1.42 bits per heavy atom. The zero-order valence-corrected chi connectivity index (χ0v) is 29.3. The van der Waals surface area contributed by atoms with Crippen molar-refractivity contribution in [1.29, 1.82) is 0 Å². The van der Waals surface area contributed by atoms with E-state index in [4.69, 9.17) is 30.0 Å². The number of H-pyrrole nitrogens is 2. The second-order valence-electron chi connectivity index (χ2n) is 12.1. The Hall–Kier alpha value is -3.45. The first kappa shape index (κ1) is 38.3. The molecule has 0 amide bonds. The van der Waals surface area contributed by atoms with Gasteiger partial charge in [0.25, 0.3) is 17.1 Å². The maximum absolute atomic E-state index is 12.9. The molecule has 52 heavy (non-hydrogen) atoms. The number of imidazole rings is 2. The summed E-state index contributed by atoms with van der Waals surface area (Å²) in [5, 5.41) is 42.3. The average molecular weight is 800 g/mol. The van der Waals surface area contributed by atoms with E-state index < -0.39 is 108 Å². The topological polar surface area (TPSA) is 400 Å². The summed E-state index contributed by atoms with van der Waals surface area (Å²) in [6, 6.07) is 0. The van der Waals surface area contributed by atoms with E-state index in [9.17, 15) is 58.4 Å². The van der Waals surface area contributed by atoms with E-state index in [-0.39, 0.29) is 34.2 Å². The summed E-state index contributed by atoms with van der Waals surface area (Å²) in [6.07, 6.45) is -10.2. The molecule has 0 aromatic carbocycles. The summed E-state index contributed by atoms with van der Waals surface area (Å²) in [7, 11) is -13.6. The Balaban J connectivity index is 1.05. The van der Waals surface area contributed by atoms with Crippen LogP contribution in [0.2, 0.25) is 0 Å². The van der Waals surface area contributed by atoms with Crippen LogP contribution < -0.4 is 27.2 Å². The van der Waals surface area contributed by atoms with Crippen LogP contribution in [-0.4, -0.2) is 131 Å². The Morgan fingerprint density at radius 1 is 0.865 bits per heavy atom. The summed E-state index contributed by atoms with van der Waals surface area (Å²) < 4.78 is 63.0. The Kier molecular flexibility index (Phi) is 10.1. The molecule has 6 heterocycles. The fourth-order valence-corrected chi connectivity index (χ4v) is 12.9. The average Bonchev–Trinajstić information content (AvgIpc) is 3.74. The van der Waals surface area contributed by atoms with Crippen molar-refractivity contribution in [2.45, 2.75) is 49.1 Å². The fourth-order valence-electron chi connectivity index (χ4n) is 5.84. The standard InChI is InChI=1S/C23H33N10O16P3/c1-31-5-33(17-11(31)19(39)30-23(25)28-17)21-15(37)13(35)9(49-21)3-47-52(44,45)7-50(40,41)6-51(42,43)46-2-8-12(34)14(36)20(48-8)32-4-26-10-16(32)27-22(24)29-18(10)38/h4-5,8-9,12-15,20-21,34-37H,2-3,6-7H2,1H3,(H8-,24,25,27,28,29,30,38,39,40,41,42,43,44,45)/p+1/t8?,9?,12-,13-,14-,15-,20-,21-/m1/s1. The normalized spacial score (nSPS) is 30.1. The first-order valence-electron chi connectivity index (χ1n) is 14.9. The third kappa shape index (κ3) is 7.49. The van der Waals surface area contributed by atoms with Gasteiger partial charge in [0.05, 0.1) is 26.6 Å². The maximum atomic E-state index is 12.9. The number of fused-ring (bicyclic) bond motifs is 2. The molecule has 2 fully saturated rings. The van der Waals surface area contributed by atoms with Crippen LogP contribution in [0.25, 0.3) is 22.3 Å². The number of nitrogens with one attached hydrogen (secondary N) is 2. The van der Waals surface area contributed by atoms with Gasteiger partial charge in [-0.2, -0.15) is 4.98 Å². The number of rotatable bonds is 12.